The number of ether oxygens (including phenoxy) is 2. The van der Waals surface area contributed by atoms with Crippen LogP contribution in [0.1, 0.15) is 19.4 Å². The number of aryl methyl sites for hydroxylation is 1. The Hall–Kier alpha value is -1.42. The van der Waals surface area contributed by atoms with E-state index in [9.17, 15) is 0 Å². The number of nitrogens with zero attached hydrogens (tertiary/aromatic N) is 1. The molecule has 0 bridgehead atoms. The molecule has 0 saturated carbocycles. The second-order valence-corrected chi connectivity index (χ2v) is 5.34. The maximum Gasteiger partial charge on any atom is 0.146 e. The summed E-state index contributed by atoms with van der Waals surface area (Å²) in [6, 6.07) is 3.89. The van der Waals surface area contributed by atoms with Crippen LogP contribution in [-0.4, -0.2) is 33.4 Å². The maximum atomic E-state index is 6.06. The van der Waals surface area contributed by atoms with Gasteiger partial charge < -0.3 is 20.1 Å². The third-order valence-corrected chi connectivity index (χ3v) is 2.72. The van der Waals surface area contributed by atoms with Crippen LogP contribution in [0.15, 0.2) is 12.1 Å². The summed E-state index contributed by atoms with van der Waals surface area (Å²) in [7, 11) is 5.34. The summed E-state index contributed by atoms with van der Waals surface area (Å²) in [6.45, 7) is 6.81. The van der Waals surface area contributed by atoms with E-state index in [0.29, 0.717) is 0 Å². The molecule has 0 radical (unpaired) electrons. The summed E-state index contributed by atoms with van der Waals surface area (Å²) in [6.07, 6.45) is 0. The predicted octanol–water partition coefficient (Wildman–Crippen LogP) is 2.19. The van der Waals surface area contributed by atoms with Gasteiger partial charge in [-0.1, -0.05) is 0 Å². The molecule has 0 atom stereocenters. The fraction of sp³-hybridized carbons (Fsp3) is 0.571. The average molecular weight is 252 g/mol. The lowest BCUT2D eigenvalue weighted by Crippen LogP contribution is -2.44. The second kappa shape index (κ2) is 5.48. The Kier molecular flexibility index (Phi) is 4.46. The molecule has 1 aromatic rings. The van der Waals surface area contributed by atoms with E-state index in [-0.39, 0.29) is 5.54 Å². The smallest absolute Gasteiger partial charge is 0.146 e. The van der Waals surface area contributed by atoms with Gasteiger partial charge >= 0.3 is 0 Å². The van der Waals surface area contributed by atoms with Crippen molar-refractivity contribution in [3.05, 3.63) is 17.7 Å². The van der Waals surface area contributed by atoms with Crippen LogP contribution in [0.2, 0.25) is 0 Å². The van der Waals surface area contributed by atoms with Gasteiger partial charge in [0.1, 0.15) is 11.5 Å². The van der Waals surface area contributed by atoms with Crippen LogP contribution in [0, 0.1) is 6.92 Å². The lowest BCUT2D eigenvalue weighted by atomic mass is 10.1. The predicted molar refractivity (Wildman–Crippen MR) is 75.8 cm³/mol. The summed E-state index contributed by atoms with van der Waals surface area (Å²) >= 11 is 0. The van der Waals surface area contributed by atoms with Crippen molar-refractivity contribution in [1.29, 1.82) is 0 Å². The van der Waals surface area contributed by atoms with Gasteiger partial charge in [-0.2, -0.15) is 0 Å². The molecule has 0 amide bonds. The minimum atomic E-state index is -0.258. The fourth-order valence-corrected chi connectivity index (χ4v) is 2.17. The number of hydrogen-bond donors (Lipinski definition) is 1. The number of methoxy groups -OCH3 is 2. The summed E-state index contributed by atoms with van der Waals surface area (Å²) < 4.78 is 10.7. The first-order chi connectivity index (χ1) is 8.28. The standard InChI is InChI=1S/C14H24N2O2/c1-10-7-11(17-5)8-12(18-6)13(10)16(4)9-14(2,3)15/h7-8H,9,15H2,1-6H3. The number of anilines is 1. The van der Waals surface area contributed by atoms with Crippen molar-refractivity contribution in [1.82, 2.24) is 0 Å². The van der Waals surface area contributed by atoms with Crippen LogP contribution < -0.4 is 20.1 Å². The van der Waals surface area contributed by atoms with Gasteiger partial charge in [0.15, 0.2) is 0 Å². The fourth-order valence-electron chi connectivity index (χ4n) is 2.17. The normalized spacial score (nSPS) is 11.3. The van der Waals surface area contributed by atoms with Gasteiger partial charge in [-0.05, 0) is 32.4 Å². The summed E-state index contributed by atoms with van der Waals surface area (Å²) in [5.41, 5.74) is 7.97. The van der Waals surface area contributed by atoms with Crippen LogP contribution >= 0.6 is 0 Å². The van der Waals surface area contributed by atoms with Gasteiger partial charge in [0.25, 0.3) is 0 Å². The van der Waals surface area contributed by atoms with Gasteiger partial charge in [-0.25, -0.2) is 0 Å². The Labute approximate surface area is 110 Å². The second-order valence-electron chi connectivity index (χ2n) is 5.34. The summed E-state index contributed by atoms with van der Waals surface area (Å²) in [4.78, 5) is 2.12. The van der Waals surface area contributed by atoms with E-state index in [1.54, 1.807) is 14.2 Å². The molecule has 0 heterocycles. The highest BCUT2D eigenvalue weighted by Crippen LogP contribution is 2.35. The number of benzene rings is 1. The average Bonchev–Trinajstić information content (AvgIpc) is 2.24. The molecule has 4 nitrogen and oxygen atoms in total. The lowest BCUT2D eigenvalue weighted by molar-refractivity contribution is 0.393. The molecule has 1 rings (SSSR count). The molecule has 0 fully saturated rings. The highest BCUT2D eigenvalue weighted by Gasteiger charge is 2.19. The van der Waals surface area contributed by atoms with E-state index in [4.69, 9.17) is 15.2 Å². The first-order valence-corrected chi connectivity index (χ1v) is 6.01. The Bertz CT molecular complexity index is 411. The van der Waals surface area contributed by atoms with Gasteiger partial charge in [0.05, 0.1) is 19.9 Å². The van der Waals surface area contributed by atoms with Gasteiger partial charge in [-0.15, -0.1) is 0 Å². The van der Waals surface area contributed by atoms with Crippen LogP contribution in [0.4, 0.5) is 5.69 Å². The van der Waals surface area contributed by atoms with E-state index in [1.165, 1.54) is 0 Å². The Balaban J connectivity index is 3.14. The molecule has 4 heteroatoms. The highest BCUT2D eigenvalue weighted by molar-refractivity contribution is 5.66. The molecule has 1 aromatic carbocycles. The number of nitrogens with two attached hydrogens (primary N) is 1. The molecular weight excluding hydrogens is 228 g/mol. The highest BCUT2D eigenvalue weighted by atomic mass is 16.5. The maximum absolute atomic E-state index is 6.06. The van der Waals surface area contributed by atoms with Crippen molar-refractivity contribution in [2.75, 3.05) is 32.7 Å². The van der Waals surface area contributed by atoms with E-state index < -0.39 is 0 Å². The van der Waals surface area contributed by atoms with Gasteiger partial charge in [0.2, 0.25) is 0 Å². The van der Waals surface area contributed by atoms with E-state index in [1.807, 2.05) is 40.0 Å². The third-order valence-electron chi connectivity index (χ3n) is 2.72. The number of hydrogen-bond acceptors (Lipinski definition) is 4. The molecule has 0 aliphatic rings. The zero-order chi connectivity index (χ0) is 13.9. The van der Waals surface area contributed by atoms with E-state index >= 15 is 0 Å². The van der Waals surface area contributed by atoms with Crippen LogP contribution in [0.5, 0.6) is 11.5 Å². The molecule has 102 valence electrons. The molecule has 0 saturated heterocycles. The van der Waals surface area contributed by atoms with Crippen LogP contribution in [0.3, 0.4) is 0 Å². The molecule has 0 aromatic heterocycles. The lowest BCUT2D eigenvalue weighted by Gasteiger charge is -2.30. The Morgan fingerprint density at radius 2 is 1.83 bits per heavy atom. The molecule has 0 spiro atoms. The van der Waals surface area contributed by atoms with Crippen molar-refractivity contribution in [2.45, 2.75) is 26.3 Å². The minimum absolute atomic E-state index is 0.258. The van der Waals surface area contributed by atoms with Crippen molar-refractivity contribution in [3.8, 4) is 11.5 Å². The van der Waals surface area contributed by atoms with E-state index in [0.717, 1.165) is 29.3 Å². The third kappa shape index (κ3) is 3.53. The molecule has 2 N–H and O–H groups in total. The van der Waals surface area contributed by atoms with E-state index in [2.05, 4.69) is 4.90 Å². The summed E-state index contributed by atoms with van der Waals surface area (Å²) in [5, 5.41) is 0. The first kappa shape index (κ1) is 14.6. The first-order valence-electron chi connectivity index (χ1n) is 6.01. The Morgan fingerprint density at radius 1 is 1.22 bits per heavy atom. The molecule has 0 aliphatic carbocycles. The number of likely N-dealkylation sites (N-methyl/N-ethyl adjacent to an activating group) is 1. The summed E-state index contributed by atoms with van der Waals surface area (Å²) in [5.74, 6) is 1.60. The molecule has 18 heavy (non-hydrogen) atoms. The van der Waals surface area contributed by atoms with Crippen molar-refractivity contribution >= 4 is 5.69 Å². The molecular formula is C14H24N2O2. The van der Waals surface area contributed by atoms with Gasteiger partial charge in [0, 0.05) is 25.2 Å². The van der Waals surface area contributed by atoms with Gasteiger partial charge in [-0.3, -0.25) is 0 Å². The zero-order valence-corrected chi connectivity index (χ0v) is 12.2. The zero-order valence-electron chi connectivity index (χ0n) is 12.2. The largest absolute Gasteiger partial charge is 0.497 e. The van der Waals surface area contributed by atoms with Crippen LogP contribution in [-0.2, 0) is 0 Å². The molecule has 0 unspecified atom stereocenters. The quantitative estimate of drug-likeness (QED) is 0.872. The van der Waals surface area contributed by atoms with Crippen molar-refractivity contribution < 1.29 is 9.47 Å². The van der Waals surface area contributed by atoms with Crippen molar-refractivity contribution in [3.63, 3.8) is 0 Å². The van der Waals surface area contributed by atoms with Crippen molar-refractivity contribution in [2.24, 2.45) is 5.73 Å². The number of rotatable bonds is 5. The topological polar surface area (TPSA) is 47.7 Å². The van der Waals surface area contributed by atoms with Crippen LogP contribution in [0.25, 0.3) is 0 Å². The SMILES string of the molecule is COc1cc(C)c(N(C)CC(C)(C)N)c(OC)c1. The monoisotopic (exact) mass is 252 g/mol. The molecule has 0 aliphatic heterocycles. The minimum Gasteiger partial charge on any atom is -0.497 e. The Morgan fingerprint density at radius 3 is 2.28 bits per heavy atom.